The zero-order valence-corrected chi connectivity index (χ0v) is 18.5. The Balaban J connectivity index is 1.84. The van der Waals surface area contributed by atoms with Crippen LogP contribution in [0.2, 0.25) is 0 Å². The molecule has 3 aliphatic rings. The van der Waals surface area contributed by atoms with E-state index in [1.54, 1.807) is 0 Å². The highest BCUT2D eigenvalue weighted by molar-refractivity contribution is 4.96. The highest BCUT2D eigenvalue weighted by Crippen LogP contribution is 2.32. The quantitative estimate of drug-likeness (QED) is 0.157. The highest BCUT2D eigenvalue weighted by atomic mass is 16.8. The van der Waals surface area contributed by atoms with Gasteiger partial charge in [0.05, 0.1) is 19.3 Å². The van der Waals surface area contributed by atoms with Gasteiger partial charge in [-0.2, -0.15) is 0 Å². The molecule has 0 aliphatic carbocycles. The molecule has 15 heteroatoms. The van der Waals surface area contributed by atoms with Gasteiger partial charge in [-0.3, -0.25) is 0 Å². The van der Waals surface area contributed by atoms with Crippen LogP contribution < -0.4 is 0 Å². The zero-order chi connectivity index (χ0) is 25.3. The van der Waals surface area contributed by atoms with Gasteiger partial charge in [0.15, 0.2) is 18.9 Å². The first-order valence-electron chi connectivity index (χ1n) is 10.8. The Morgan fingerprint density at radius 3 is 1.71 bits per heavy atom. The lowest BCUT2D eigenvalue weighted by atomic mass is 9.96. The van der Waals surface area contributed by atoms with Gasteiger partial charge in [-0.1, -0.05) is 0 Å². The molecule has 0 spiro atoms. The largest absolute Gasteiger partial charge is 0.394 e. The van der Waals surface area contributed by atoms with E-state index in [4.69, 9.17) is 28.4 Å². The van der Waals surface area contributed by atoms with Gasteiger partial charge in [-0.15, -0.1) is 0 Å². The van der Waals surface area contributed by atoms with E-state index in [0.717, 1.165) is 0 Å². The predicted molar refractivity (Wildman–Crippen MR) is 105 cm³/mol. The van der Waals surface area contributed by atoms with Crippen LogP contribution in [0.25, 0.3) is 0 Å². The van der Waals surface area contributed by atoms with Crippen LogP contribution in [-0.2, 0) is 28.4 Å². The van der Waals surface area contributed by atoms with Crippen LogP contribution in [0.3, 0.4) is 0 Å². The molecule has 0 aromatic heterocycles. The van der Waals surface area contributed by atoms with E-state index >= 15 is 0 Å². The number of rotatable bonds is 7. The number of hydrogen-bond acceptors (Lipinski definition) is 15. The van der Waals surface area contributed by atoms with Crippen molar-refractivity contribution in [1.82, 2.24) is 0 Å². The van der Waals surface area contributed by atoms with Crippen molar-refractivity contribution in [1.29, 1.82) is 0 Å². The van der Waals surface area contributed by atoms with Crippen LogP contribution in [0.1, 0.15) is 6.92 Å². The van der Waals surface area contributed by atoms with Crippen molar-refractivity contribution in [2.24, 2.45) is 0 Å². The van der Waals surface area contributed by atoms with Crippen molar-refractivity contribution in [2.75, 3.05) is 20.3 Å². The number of ether oxygens (including phenoxy) is 6. The molecule has 0 bridgehead atoms. The molecule has 3 saturated heterocycles. The first-order valence-corrected chi connectivity index (χ1v) is 10.8. The summed E-state index contributed by atoms with van der Waals surface area (Å²) in [6, 6.07) is 0. The summed E-state index contributed by atoms with van der Waals surface area (Å²) in [7, 11) is 1.21. The number of methoxy groups -OCH3 is 1. The fraction of sp³-hybridized carbons (Fsp3) is 1.00. The molecule has 3 rings (SSSR count). The lowest BCUT2D eigenvalue weighted by molar-refractivity contribution is -0.387. The maximum Gasteiger partial charge on any atom is 0.187 e. The molecule has 200 valence electrons. The van der Waals surface area contributed by atoms with Gasteiger partial charge in [0.25, 0.3) is 0 Å². The minimum absolute atomic E-state index is 0.653. The maximum absolute atomic E-state index is 10.7. The summed E-state index contributed by atoms with van der Waals surface area (Å²) in [5, 5.41) is 91.2. The molecule has 15 atom stereocenters. The second-order valence-corrected chi connectivity index (χ2v) is 8.53. The van der Waals surface area contributed by atoms with Crippen LogP contribution in [0.4, 0.5) is 0 Å². The second kappa shape index (κ2) is 11.6. The van der Waals surface area contributed by atoms with Crippen molar-refractivity contribution in [3.63, 3.8) is 0 Å². The van der Waals surface area contributed by atoms with E-state index in [9.17, 15) is 46.0 Å². The Morgan fingerprint density at radius 2 is 1.12 bits per heavy atom. The van der Waals surface area contributed by atoms with Crippen LogP contribution in [0.5, 0.6) is 0 Å². The molecular formula is C19H34O15. The minimum atomic E-state index is -1.79. The van der Waals surface area contributed by atoms with Crippen LogP contribution in [0.15, 0.2) is 0 Å². The Morgan fingerprint density at radius 1 is 0.559 bits per heavy atom. The molecular weight excluding hydrogens is 468 g/mol. The molecule has 0 aromatic rings. The fourth-order valence-electron chi connectivity index (χ4n) is 4.15. The summed E-state index contributed by atoms with van der Waals surface area (Å²) in [6.45, 7) is 0.0111. The Labute approximate surface area is 194 Å². The highest BCUT2D eigenvalue weighted by Gasteiger charge is 2.53. The van der Waals surface area contributed by atoms with Crippen molar-refractivity contribution >= 4 is 0 Å². The zero-order valence-electron chi connectivity index (χ0n) is 18.5. The third kappa shape index (κ3) is 5.39. The Kier molecular flexibility index (Phi) is 9.57. The van der Waals surface area contributed by atoms with Crippen molar-refractivity contribution < 1.29 is 74.4 Å². The van der Waals surface area contributed by atoms with E-state index in [2.05, 4.69) is 0 Å². The van der Waals surface area contributed by atoms with E-state index in [0.29, 0.717) is 0 Å². The van der Waals surface area contributed by atoms with Gasteiger partial charge >= 0.3 is 0 Å². The van der Waals surface area contributed by atoms with Crippen LogP contribution in [0, 0.1) is 0 Å². The molecule has 15 nitrogen and oxygen atoms in total. The van der Waals surface area contributed by atoms with Gasteiger partial charge < -0.3 is 74.4 Å². The normalized spacial score (nSPS) is 52.5. The lowest BCUT2D eigenvalue weighted by Crippen LogP contribution is -2.66. The molecule has 3 aliphatic heterocycles. The van der Waals surface area contributed by atoms with Crippen molar-refractivity contribution in [3.8, 4) is 0 Å². The monoisotopic (exact) mass is 502 g/mol. The smallest absolute Gasteiger partial charge is 0.187 e. The maximum atomic E-state index is 10.7. The molecule has 0 aromatic carbocycles. The summed E-state index contributed by atoms with van der Waals surface area (Å²) >= 11 is 0. The number of hydrogen-bond donors (Lipinski definition) is 9. The summed E-state index contributed by atoms with van der Waals surface area (Å²) in [4.78, 5) is 0. The fourth-order valence-corrected chi connectivity index (χ4v) is 4.15. The summed E-state index contributed by atoms with van der Waals surface area (Å²) in [6.07, 6.45) is -22.8. The summed E-state index contributed by atoms with van der Waals surface area (Å²) < 4.78 is 32.4. The molecule has 0 radical (unpaired) electrons. The van der Waals surface area contributed by atoms with E-state index in [-0.39, 0.29) is 0 Å². The number of aliphatic hydroxyl groups is 9. The van der Waals surface area contributed by atoms with Crippen molar-refractivity contribution in [2.45, 2.75) is 99.0 Å². The Bertz CT molecular complexity index is 625. The summed E-state index contributed by atoms with van der Waals surface area (Å²) in [5.41, 5.74) is 0. The molecule has 0 amide bonds. The average molecular weight is 502 g/mol. The molecule has 3 heterocycles. The van der Waals surface area contributed by atoms with E-state index in [1.165, 1.54) is 14.0 Å². The molecule has 3 fully saturated rings. The van der Waals surface area contributed by atoms with Gasteiger partial charge in [0.2, 0.25) is 0 Å². The van der Waals surface area contributed by atoms with Gasteiger partial charge in [0, 0.05) is 7.11 Å². The Hall–Kier alpha value is -0.600. The van der Waals surface area contributed by atoms with Gasteiger partial charge in [-0.05, 0) is 6.92 Å². The molecule has 0 saturated carbocycles. The van der Waals surface area contributed by atoms with Gasteiger partial charge in [0.1, 0.15) is 67.1 Å². The van der Waals surface area contributed by atoms with Gasteiger partial charge in [-0.25, -0.2) is 0 Å². The first-order chi connectivity index (χ1) is 16.0. The van der Waals surface area contributed by atoms with Crippen LogP contribution >= 0.6 is 0 Å². The van der Waals surface area contributed by atoms with Crippen LogP contribution in [-0.4, -0.2) is 158 Å². The van der Waals surface area contributed by atoms with Crippen molar-refractivity contribution in [3.05, 3.63) is 0 Å². The third-order valence-corrected chi connectivity index (χ3v) is 6.27. The molecule has 34 heavy (non-hydrogen) atoms. The molecule has 9 N–H and O–H groups in total. The number of aliphatic hydroxyl groups excluding tert-OH is 9. The second-order valence-electron chi connectivity index (χ2n) is 8.53. The SMILES string of the molecule is CO[C@@H]1O[C@H](CO)[C@H](O)[C@H](O[C@@H]2O[C@H](CO)[C@H](O)[C@H](O)[C@H]2O[C@@H]2O[C@@H](C)[C@@H](O)[C@@H](O)[C@@H]2O)[C@H]1O. The summed E-state index contributed by atoms with van der Waals surface area (Å²) in [5.74, 6) is 0. The lowest BCUT2D eigenvalue weighted by Gasteiger charge is -2.48. The average Bonchev–Trinajstić information content (AvgIpc) is 2.82. The predicted octanol–water partition coefficient (Wildman–Crippen LogP) is -5.89. The van der Waals surface area contributed by atoms with E-state index < -0.39 is 105 Å². The molecule has 0 unspecified atom stereocenters. The third-order valence-electron chi connectivity index (χ3n) is 6.27. The topological polar surface area (TPSA) is 237 Å². The first kappa shape index (κ1) is 28.0. The van der Waals surface area contributed by atoms with E-state index in [1.807, 2.05) is 0 Å². The standard InChI is InChI=1S/C19H34O15/c1-5-8(22)11(25)13(27)18(30-5)34-16-12(26)9(23)6(3-20)32-19(16)33-15-10(24)7(4-21)31-17(29-2)14(15)28/h5-28H,3-4H2,1-2H3/t5-,6+,7+,8+,9-,10-,11+,12-,13-,14+,15-,16+,17+,18-,19-/m0/s1. The minimum Gasteiger partial charge on any atom is -0.394 e.